The van der Waals surface area contributed by atoms with Gasteiger partial charge in [0, 0.05) is 43.7 Å². The SMILES string of the molecule is Cc1cc(C(C)(O)C(F)(F)F)nc(N2CC3CN(C(=O)c4c(F)cccc4-n4nccn4)CC3C2)n1. The van der Waals surface area contributed by atoms with Gasteiger partial charge in [0.1, 0.15) is 17.1 Å². The van der Waals surface area contributed by atoms with E-state index in [9.17, 15) is 27.5 Å². The Kier molecular flexibility index (Phi) is 5.69. The number of carbonyl (C=O) groups is 1. The zero-order chi connectivity index (χ0) is 25.8. The molecular weight excluding hydrogens is 482 g/mol. The summed E-state index contributed by atoms with van der Waals surface area (Å²) in [6.07, 6.45) is -2.04. The summed E-state index contributed by atoms with van der Waals surface area (Å²) in [6, 6.07) is 5.38. The molecule has 3 atom stereocenters. The van der Waals surface area contributed by atoms with E-state index in [1.807, 2.05) is 0 Å². The number of benzene rings is 1. The van der Waals surface area contributed by atoms with Crippen molar-refractivity contribution in [3.8, 4) is 5.69 Å². The van der Waals surface area contributed by atoms with Gasteiger partial charge in [-0.1, -0.05) is 6.07 Å². The van der Waals surface area contributed by atoms with Crippen molar-refractivity contribution in [2.45, 2.75) is 25.6 Å². The van der Waals surface area contributed by atoms with Crippen LogP contribution in [-0.4, -0.2) is 73.2 Å². The van der Waals surface area contributed by atoms with E-state index in [0.29, 0.717) is 38.8 Å². The molecule has 2 saturated heterocycles. The highest BCUT2D eigenvalue weighted by Gasteiger charge is 2.53. The summed E-state index contributed by atoms with van der Waals surface area (Å²) < 4.78 is 54.8. The summed E-state index contributed by atoms with van der Waals surface area (Å²) in [5.41, 5.74) is -3.22. The van der Waals surface area contributed by atoms with E-state index < -0.39 is 29.2 Å². The van der Waals surface area contributed by atoms with Crippen molar-refractivity contribution in [3.05, 3.63) is 59.4 Å². The summed E-state index contributed by atoms with van der Waals surface area (Å²) in [5, 5.41) is 18.1. The number of amides is 1. The molecule has 0 aliphatic carbocycles. The summed E-state index contributed by atoms with van der Waals surface area (Å²) in [6.45, 7) is 3.72. The van der Waals surface area contributed by atoms with Crippen molar-refractivity contribution in [2.24, 2.45) is 11.8 Å². The summed E-state index contributed by atoms with van der Waals surface area (Å²) >= 11 is 0. The number of anilines is 1. The third-order valence-electron chi connectivity index (χ3n) is 6.79. The van der Waals surface area contributed by atoms with E-state index in [0.717, 1.165) is 6.07 Å². The molecule has 0 saturated carbocycles. The molecule has 3 unspecified atom stereocenters. The molecule has 36 heavy (non-hydrogen) atoms. The van der Waals surface area contributed by atoms with Gasteiger partial charge in [-0.2, -0.15) is 28.2 Å². The molecule has 190 valence electrons. The molecule has 1 aromatic carbocycles. The normalized spacial score (nSPS) is 21.5. The quantitative estimate of drug-likeness (QED) is 0.544. The molecule has 3 aromatic rings. The summed E-state index contributed by atoms with van der Waals surface area (Å²) in [5.74, 6) is -1.05. The van der Waals surface area contributed by atoms with Crippen LogP contribution in [0.4, 0.5) is 23.5 Å². The van der Waals surface area contributed by atoms with Crippen LogP contribution in [0.15, 0.2) is 36.7 Å². The molecule has 9 nitrogen and oxygen atoms in total. The van der Waals surface area contributed by atoms with E-state index in [-0.39, 0.29) is 29.0 Å². The molecule has 2 fully saturated rings. The molecule has 0 radical (unpaired) electrons. The second-order valence-corrected chi connectivity index (χ2v) is 9.35. The standard InChI is InChI=1S/C23H23F4N7O2/c1-13-8-18(22(2,36)23(25,26)27)31-21(30-13)33-11-14-9-32(10-15(14)12-33)20(35)19-16(24)4-3-5-17(19)34-28-6-7-29-34/h3-8,14-15,36H,9-12H2,1-2H3. The molecule has 4 heterocycles. The number of likely N-dealkylation sites (tertiary alicyclic amines) is 1. The van der Waals surface area contributed by atoms with Crippen LogP contribution in [-0.2, 0) is 5.60 Å². The molecule has 5 rings (SSSR count). The van der Waals surface area contributed by atoms with Crippen LogP contribution in [0.1, 0.15) is 28.7 Å². The molecule has 0 spiro atoms. The van der Waals surface area contributed by atoms with Crippen molar-refractivity contribution < 1.29 is 27.5 Å². The van der Waals surface area contributed by atoms with E-state index in [1.54, 1.807) is 22.8 Å². The van der Waals surface area contributed by atoms with Gasteiger partial charge < -0.3 is 14.9 Å². The number of halogens is 4. The lowest BCUT2D eigenvalue weighted by molar-refractivity contribution is -0.260. The number of aryl methyl sites for hydroxylation is 1. The predicted molar refractivity (Wildman–Crippen MR) is 119 cm³/mol. The van der Waals surface area contributed by atoms with Crippen LogP contribution >= 0.6 is 0 Å². The van der Waals surface area contributed by atoms with E-state index in [1.165, 1.54) is 29.3 Å². The molecule has 0 bridgehead atoms. The third kappa shape index (κ3) is 4.06. The fraction of sp³-hybridized carbons (Fsp3) is 0.435. The molecular formula is C23H23F4N7O2. The van der Waals surface area contributed by atoms with Gasteiger partial charge in [-0.3, -0.25) is 4.79 Å². The number of nitrogens with zero attached hydrogens (tertiary/aromatic N) is 7. The second kappa shape index (κ2) is 8.50. The summed E-state index contributed by atoms with van der Waals surface area (Å²) in [4.78, 5) is 26.2. The van der Waals surface area contributed by atoms with Crippen molar-refractivity contribution in [2.75, 3.05) is 31.1 Å². The first-order valence-corrected chi connectivity index (χ1v) is 11.3. The van der Waals surface area contributed by atoms with Gasteiger partial charge in [-0.25, -0.2) is 14.4 Å². The van der Waals surface area contributed by atoms with Crippen LogP contribution in [0.3, 0.4) is 0 Å². The van der Waals surface area contributed by atoms with Gasteiger partial charge in [-0.15, -0.1) is 0 Å². The molecule has 13 heteroatoms. The highest BCUT2D eigenvalue weighted by molar-refractivity contribution is 5.98. The molecule has 2 aliphatic rings. The van der Waals surface area contributed by atoms with E-state index in [4.69, 9.17) is 0 Å². The smallest absolute Gasteiger partial charge is 0.375 e. The minimum Gasteiger partial charge on any atom is -0.375 e. The monoisotopic (exact) mass is 505 g/mol. The molecule has 1 N–H and O–H groups in total. The van der Waals surface area contributed by atoms with E-state index >= 15 is 0 Å². The first-order chi connectivity index (χ1) is 17.0. The number of aromatic nitrogens is 5. The Bertz CT molecular complexity index is 1280. The Morgan fingerprint density at radius 2 is 1.69 bits per heavy atom. The van der Waals surface area contributed by atoms with Crippen LogP contribution in [0.2, 0.25) is 0 Å². The van der Waals surface area contributed by atoms with Crippen LogP contribution in [0.5, 0.6) is 0 Å². The Morgan fingerprint density at radius 1 is 1.06 bits per heavy atom. The number of rotatable bonds is 4. The number of hydrogen-bond donors (Lipinski definition) is 1. The van der Waals surface area contributed by atoms with Crippen LogP contribution < -0.4 is 4.90 Å². The lowest BCUT2D eigenvalue weighted by atomic mass is 10.0. The highest BCUT2D eigenvalue weighted by atomic mass is 19.4. The first kappa shape index (κ1) is 24.1. The molecule has 2 aromatic heterocycles. The molecule has 1 amide bonds. The maximum atomic E-state index is 14.7. The fourth-order valence-corrected chi connectivity index (χ4v) is 4.80. The minimum absolute atomic E-state index is 0.00249. The Hall–Kier alpha value is -3.61. The second-order valence-electron chi connectivity index (χ2n) is 9.35. The lowest BCUT2D eigenvalue weighted by Crippen LogP contribution is -2.40. The van der Waals surface area contributed by atoms with E-state index in [2.05, 4.69) is 20.2 Å². The van der Waals surface area contributed by atoms with Crippen molar-refractivity contribution in [1.82, 2.24) is 29.9 Å². The van der Waals surface area contributed by atoms with Crippen LogP contribution in [0, 0.1) is 24.6 Å². The number of hydrogen-bond acceptors (Lipinski definition) is 7. The predicted octanol–water partition coefficient (Wildman–Crippen LogP) is 2.48. The first-order valence-electron chi connectivity index (χ1n) is 11.3. The maximum Gasteiger partial charge on any atom is 0.422 e. The number of carbonyl (C=O) groups excluding carboxylic acids is 1. The lowest BCUT2D eigenvalue weighted by Gasteiger charge is -2.27. The van der Waals surface area contributed by atoms with Gasteiger partial charge in [0.15, 0.2) is 5.60 Å². The van der Waals surface area contributed by atoms with Gasteiger partial charge in [-0.05, 0) is 32.0 Å². The maximum absolute atomic E-state index is 14.7. The number of fused-ring (bicyclic) bond motifs is 1. The fourth-order valence-electron chi connectivity index (χ4n) is 4.80. The topological polar surface area (TPSA) is 100 Å². The van der Waals surface area contributed by atoms with Crippen LogP contribution in [0.25, 0.3) is 5.69 Å². The molecule has 2 aliphatic heterocycles. The summed E-state index contributed by atoms with van der Waals surface area (Å²) in [7, 11) is 0. The largest absolute Gasteiger partial charge is 0.422 e. The Balaban J connectivity index is 1.34. The zero-order valence-electron chi connectivity index (χ0n) is 19.4. The third-order valence-corrected chi connectivity index (χ3v) is 6.79. The van der Waals surface area contributed by atoms with Gasteiger partial charge in [0.25, 0.3) is 5.91 Å². The van der Waals surface area contributed by atoms with Gasteiger partial charge in [0.2, 0.25) is 5.95 Å². The van der Waals surface area contributed by atoms with Crippen molar-refractivity contribution in [3.63, 3.8) is 0 Å². The highest BCUT2D eigenvalue weighted by Crippen LogP contribution is 2.39. The van der Waals surface area contributed by atoms with Crippen molar-refractivity contribution in [1.29, 1.82) is 0 Å². The Morgan fingerprint density at radius 3 is 2.31 bits per heavy atom. The van der Waals surface area contributed by atoms with Gasteiger partial charge in [0.05, 0.1) is 18.1 Å². The van der Waals surface area contributed by atoms with Gasteiger partial charge >= 0.3 is 6.18 Å². The minimum atomic E-state index is -4.90. The Labute approximate surface area is 203 Å². The number of aliphatic hydroxyl groups is 1. The number of alkyl halides is 3. The average molecular weight is 505 g/mol. The average Bonchev–Trinajstić information content (AvgIpc) is 3.54. The van der Waals surface area contributed by atoms with Crippen molar-refractivity contribution >= 4 is 11.9 Å². The zero-order valence-corrected chi connectivity index (χ0v) is 19.4.